The standard InChI is InChI=1S/C24H21N3O/c1-3-19-13-20-9-10-21(14-22(20)27-23(19)28)24(2,16-26)15-18-7-4-6-17(12-18)8-5-11-25/h4-10,12-14H,3,15H2,1-2H3,(H,27,28). The third-order valence-corrected chi connectivity index (χ3v) is 5.05. The molecule has 3 aromatic rings. The van der Waals surface area contributed by atoms with Gasteiger partial charge in [-0.25, -0.2) is 0 Å². The quantitative estimate of drug-likeness (QED) is 0.667. The average Bonchev–Trinajstić information content (AvgIpc) is 2.71. The molecule has 4 nitrogen and oxygen atoms in total. The number of rotatable bonds is 5. The van der Waals surface area contributed by atoms with E-state index in [9.17, 15) is 10.1 Å². The molecular weight excluding hydrogens is 346 g/mol. The van der Waals surface area contributed by atoms with Crippen LogP contribution in [0.25, 0.3) is 17.0 Å². The Hall–Kier alpha value is -3.63. The van der Waals surface area contributed by atoms with Crippen molar-refractivity contribution in [1.82, 2.24) is 4.98 Å². The molecule has 0 aliphatic carbocycles. The number of aromatic nitrogens is 1. The summed E-state index contributed by atoms with van der Waals surface area (Å²) in [7, 11) is 0. The van der Waals surface area contributed by atoms with Gasteiger partial charge in [-0.05, 0) is 60.1 Å². The Morgan fingerprint density at radius 3 is 2.68 bits per heavy atom. The van der Waals surface area contributed by atoms with Crippen LogP contribution in [0.4, 0.5) is 0 Å². The molecule has 28 heavy (non-hydrogen) atoms. The maximum absolute atomic E-state index is 12.2. The predicted molar refractivity (Wildman–Crippen MR) is 112 cm³/mol. The van der Waals surface area contributed by atoms with Crippen LogP contribution in [0.15, 0.2) is 59.4 Å². The molecule has 3 rings (SSSR count). The molecule has 0 radical (unpaired) electrons. The average molecular weight is 367 g/mol. The minimum Gasteiger partial charge on any atom is -0.322 e. The first-order valence-corrected chi connectivity index (χ1v) is 9.22. The Morgan fingerprint density at radius 1 is 1.14 bits per heavy atom. The van der Waals surface area contributed by atoms with Crippen molar-refractivity contribution in [1.29, 1.82) is 10.5 Å². The number of nitriles is 2. The van der Waals surface area contributed by atoms with Crippen LogP contribution >= 0.6 is 0 Å². The van der Waals surface area contributed by atoms with Gasteiger partial charge in [-0.15, -0.1) is 0 Å². The Labute approximate surface area is 164 Å². The Morgan fingerprint density at radius 2 is 1.96 bits per heavy atom. The first-order valence-electron chi connectivity index (χ1n) is 9.22. The second kappa shape index (κ2) is 7.94. The van der Waals surface area contributed by atoms with Crippen LogP contribution in [0.1, 0.15) is 36.1 Å². The fraction of sp³-hybridized carbons (Fsp3) is 0.208. The van der Waals surface area contributed by atoms with Crippen LogP contribution in [-0.4, -0.2) is 4.98 Å². The number of aryl methyl sites for hydroxylation is 1. The number of allylic oxidation sites excluding steroid dienone is 1. The van der Waals surface area contributed by atoms with Crippen LogP contribution in [-0.2, 0) is 18.3 Å². The summed E-state index contributed by atoms with van der Waals surface area (Å²) in [6.07, 6.45) is 4.40. The highest BCUT2D eigenvalue weighted by molar-refractivity contribution is 5.80. The van der Waals surface area contributed by atoms with Gasteiger partial charge in [0, 0.05) is 17.2 Å². The fourth-order valence-electron chi connectivity index (χ4n) is 3.41. The molecule has 1 N–H and O–H groups in total. The molecule has 0 saturated heterocycles. The van der Waals surface area contributed by atoms with E-state index < -0.39 is 5.41 Å². The first-order chi connectivity index (χ1) is 13.5. The van der Waals surface area contributed by atoms with Gasteiger partial charge in [0.05, 0.1) is 17.6 Å². The molecule has 0 amide bonds. The molecule has 2 aromatic carbocycles. The number of benzene rings is 2. The van der Waals surface area contributed by atoms with E-state index in [4.69, 9.17) is 5.26 Å². The molecule has 0 spiro atoms. The summed E-state index contributed by atoms with van der Waals surface area (Å²) in [5.41, 5.74) is 3.47. The predicted octanol–water partition coefficient (Wildman–Crippen LogP) is 4.65. The van der Waals surface area contributed by atoms with E-state index in [1.807, 2.05) is 68.4 Å². The van der Waals surface area contributed by atoms with Crippen LogP contribution in [0.5, 0.6) is 0 Å². The second-order valence-electron chi connectivity index (χ2n) is 7.11. The van der Waals surface area contributed by atoms with Crippen molar-refractivity contribution in [2.75, 3.05) is 0 Å². The summed E-state index contributed by atoms with van der Waals surface area (Å²) in [4.78, 5) is 15.1. The topological polar surface area (TPSA) is 80.4 Å². The summed E-state index contributed by atoms with van der Waals surface area (Å²) in [6.45, 7) is 3.86. The minimum absolute atomic E-state index is 0.0807. The molecule has 138 valence electrons. The molecule has 1 aromatic heterocycles. The zero-order chi connectivity index (χ0) is 20.1. The SMILES string of the molecule is CCc1cc2ccc(C(C)(C#N)Cc3cccc(C=CC#N)c3)cc2[nH]c1=O. The Bertz CT molecular complexity index is 1190. The van der Waals surface area contributed by atoms with E-state index in [2.05, 4.69) is 11.1 Å². The van der Waals surface area contributed by atoms with Gasteiger partial charge in [0.1, 0.15) is 0 Å². The van der Waals surface area contributed by atoms with Gasteiger partial charge < -0.3 is 4.98 Å². The molecule has 0 aliphatic rings. The number of hydrogen-bond donors (Lipinski definition) is 1. The molecule has 0 fully saturated rings. The van der Waals surface area contributed by atoms with E-state index in [1.54, 1.807) is 6.08 Å². The highest BCUT2D eigenvalue weighted by Crippen LogP contribution is 2.30. The second-order valence-corrected chi connectivity index (χ2v) is 7.11. The lowest BCUT2D eigenvalue weighted by molar-refractivity contribution is 0.607. The largest absolute Gasteiger partial charge is 0.322 e. The highest BCUT2D eigenvalue weighted by Gasteiger charge is 2.27. The van der Waals surface area contributed by atoms with Crippen molar-refractivity contribution in [3.63, 3.8) is 0 Å². The first kappa shape index (κ1) is 19.1. The van der Waals surface area contributed by atoms with E-state index in [0.717, 1.165) is 33.2 Å². The third-order valence-electron chi connectivity index (χ3n) is 5.05. The molecule has 0 aliphatic heterocycles. The van der Waals surface area contributed by atoms with E-state index in [0.29, 0.717) is 12.8 Å². The van der Waals surface area contributed by atoms with Gasteiger partial charge in [-0.2, -0.15) is 10.5 Å². The summed E-state index contributed by atoms with van der Waals surface area (Å²) < 4.78 is 0. The van der Waals surface area contributed by atoms with Gasteiger partial charge >= 0.3 is 0 Å². The van der Waals surface area contributed by atoms with Gasteiger partial charge in [0.25, 0.3) is 5.56 Å². The summed E-state index contributed by atoms with van der Waals surface area (Å²) in [6, 6.07) is 20.0. The van der Waals surface area contributed by atoms with Crippen molar-refractivity contribution in [2.45, 2.75) is 32.1 Å². The highest BCUT2D eigenvalue weighted by atomic mass is 16.1. The maximum Gasteiger partial charge on any atom is 0.251 e. The number of nitrogens with one attached hydrogen (secondary N) is 1. The zero-order valence-corrected chi connectivity index (χ0v) is 16.0. The maximum atomic E-state index is 12.2. The van der Waals surface area contributed by atoms with E-state index in [-0.39, 0.29) is 5.56 Å². The molecule has 1 unspecified atom stereocenters. The molecule has 1 heterocycles. The van der Waals surface area contributed by atoms with E-state index >= 15 is 0 Å². The van der Waals surface area contributed by atoms with Crippen molar-refractivity contribution in [2.24, 2.45) is 0 Å². The van der Waals surface area contributed by atoms with Crippen LogP contribution in [0.2, 0.25) is 0 Å². The lowest BCUT2D eigenvalue weighted by Gasteiger charge is -2.23. The smallest absolute Gasteiger partial charge is 0.251 e. The summed E-state index contributed by atoms with van der Waals surface area (Å²) >= 11 is 0. The molecule has 0 bridgehead atoms. The molecular formula is C24H21N3O. The van der Waals surface area contributed by atoms with Crippen molar-refractivity contribution < 1.29 is 0 Å². The van der Waals surface area contributed by atoms with Gasteiger partial charge in [0.2, 0.25) is 0 Å². The van der Waals surface area contributed by atoms with Crippen molar-refractivity contribution >= 4 is 17.0 Å². The van der Waals surface area contributed by atoms with Crippen LogP contribution < -0.4 is 5.56 Å². The molecule has 4 heteroatoms. The van der Waals surface area contributed by atoms with Crippen molar-refractivity contribution in [3.8, 4) is 12.1 Å². The zero-order valence-electron chi connectivity index (χ0n) is 16.0. The number of aromatic amines is 1. The minimum atomic E-state index is -0.744. The normalized spacial score (nSPS) is 13.1. The Balaban J connectivity index is 2.00. The van der Waals surface area contributed by atoms with Crippen molar-refractivity contribution in [3.05, 3.63) is 87.2 Å². The summed E-state index contributed by atoms with van der Waals surface area (Å²) in [5.74, 6) is 0. The fourth-order valence-corrected chi connectivity index (χ4v) is 3.41. The summed E-state index contributed by atoms with van der Waals surface area (Å²) in [5, 5.41) is 19.6. The third kappa shape index (κ3) is 3.87. The number of nitrogens with zero attached hydrogens (tertiary/aromatic N) is 2. The Kier molecular flexibility index (Phi) is 5.43. The van der Waals surface area contributed by atoms with Gasteiger partial charge in [-0.3, -0.25) is 4.79 Å². The molecule has 0 saturated carbocycles. The lowest BCUT2D eigenvalue weighted by Crippen LogP contribution is -2.23. The van der Waals surface area contributed by atoms with Gasteiger partial charge in [0.15, 0.2) is 0 Å². The van der Waals surface area contributed by atoms with Crippen LogP contribution in [0.3, 0.4) is 0 Å². The number of hydrogen-bond acceptors (Lipinski definition) is 3. The lowest BCUT2D eigenvalue weighted by atomic mass is 9.78. The monoisotopic (exact) mass is 367 g/mol. The van der Waals surface area contributed by atoms with Crippen LogP contribution in [0, 0.1) is 22.7 Å². The number of fused-ring (bicyclic) bond motifs is 1. The van der Waals surface area contributed by atoms with E-state index in [1.165, 1.54) is 6.08 Å². The van der Waals surface area contributed by atoms with Gasteiger partial charge in [-0.1, -0.05) is 43.3 Å². The number of H-pyrrole nitrogens is 1. The molecule has 1 atom stereocenters. The number of pyridine rings is 1.